The predicted octanol–water partition coefficient (Wildman–Crippen LogP) is 4.16. The summed E-state index contributed by atoms with van der Waals surface area (Å²) in [5.41, 5.74) is 2.75. The van der Waals surface area contributed by atoms with Crippen molar-refractivity contribution < 1.29 is 13.2 Å². The van der Waals surface area contributed by atoms with Crippen molar-refractivity contribution in [2.24, 2.45) is 0 Å². The van der Waals surface area contributed by atoms with E-state index in [1.54, 1.807) is 6.07 Å². The lowest BCUT2D eigenvalue weighted by Crippen LogP contribution is -2.09. The summed E-state index contributed by atoms with van der Waals surface area (Å²) in [6.45, 7) is 3.30. The second-order valence-electron chi connectivity index (χ2n) is 5.32. The lowest BCUT2D eigenvalue weighted by atomic mass is 10.2. The zero-order valence-corrected chi connectivity index (χ0v) is 15.2. The van der Waals surface area contributed by atoms with Crippen molar-refractivity contribution in [1.82, 2.24) is 4.98 Å². The molecule has 1 aromatic heterocycles. The van der Waals surface area contributed by atoms with Crippen molar-refractivity contribution in [1.29, 1.82) is 0 Å². The molecule has 0 aliphatic carbocycles. The maximum absolute atomic E-state index is 11.8. The maximum atomic E-state index is 11.8. The van der Waals surface area contributed by atoms with Gasteiger partial charge in [-0.3, -0.25) is 4.79 Å². The highest BCUT2D eigenvalue weighted by molar-refractivity contribution is 8.13. The summed E-state index contributed by atoms with van der Waals surface area (Å²) < 4.78 is 24.7. The third kappa shape index (κ3) is 3.43. The second-order valence-corrected chi connectivity index (χ2v) is 8.89. The monoisotopic (exact) mass is 380 g/mol. The van der Waals surface area contributed by atoms with Crippen LogP contribution in [0.2, 0.25) is 0 Å². The van der Waals surface area contributed by atoms with Gasteiger partial charge in [-0.05, 0) is 42.8 Å². The highest BCUT2D eigenvalue weighted by Crippen LogP contribution is 2.34. The Balaban J connectivity index is 2.15. The van der Waals surface area contributed by atoms with Crippen molar-refractivity contribution in [3.63, 3.8) is 0 Å². The van der Waals surface area contributed by atoms with Crippen molar-refractivity contribution in [3.8, 4) is 10.6 Å². The van der Waals surface area contributed by atoms with Crippen molar-refractivity contribution >= 4 is 52.9 Å². The van der Waals surface area contributed by atoms with Crippen LogP contribution in [0.5, 0.6) is 0 Å². The summed E-state index contributed by atoms with van der Waals surface area (Å²) in [5, 5.41) is 3.16. The lowest BCUT2D eigenvalue weighted by molar-refractivity contribution is -0.114. The first-order chi connectivity index (χ1) is 11.2. The Bertz CT molecular complexity index is 1060. The van der Waals surface area contributed by atoms with E-state index in [9.17, 15) is 13.2 Å². The fraction of sp³-hybridized carbons (Fsp3) is 0.125. The molecule has 0 fully saturated rings. The van der Waals surface area contributed by atoms with Crippen LogP contribution in [0, 0.1) is 6.92 Å². The van der Waals surface area contributed by atoms with Gasteiger partial charge in [-0.2, -0.15) is 0 Å². The summed E-state index contributed by atoms with van der Waals surface area (Å²) in [4.78, 5) is 15.6. The van der Waals surface area contributed by atoms with Crippen molar-refractivity contribution in [2.45, 2.75) is 18.7 Å². The van der Waals surface area contributed by atoms with Crippen molar-refractivity contribution in [3.05, 3.63) is 42.0 Å². The molecular formula is C16H13ClN2O3S2. The van der Waals surface area contributed by atoms with E-state index in [2.05, 4.69) is 10.3 Å². The number of fused-ring (bicyclic) bond motifs is 1. The quantitative estimate of drug-likeness (QED) is 0.692. The number of nitrogens with one attached hydrogen (secondary N) is 1. The Labute approximate surface area is 147 Å². The number of aryl methyl sites for hydroxylation is 1. The van der Waals surface area contributed by atoms with Gasteiger partial charge in [-0.25, -0.2) is 13.4 Å². The van der Waals surface area contributed by atoms with Gasteiger partial charge >= 0.3 is 0 Å². The zero-order chi connectivity index (χ0) is 17.5. The third-order valence-electron chi connectivity index (χ3n) is 3.35. The Kier molecular flexibility index (Phi) is 4.33. The molecule has 3 rings (SSSR count). The zero-order valence-electron chi connectivity index (χ0n) is 12.8. The summed E-state index contributed by atoms with van der Waals surface area (Å²) in [7, 11) is 1.50. The van der Waals surface area contributed by atoms with E-state index in [1.165, 1.54) is 30.4 Å². The van der Waals surface area contributed by atoms with Gasteiger partial charge in [0.2, 0.25) is 5.91 Å². The number of carbonyl (C=O) groups excluding carboxylic acids is 1. The molecule has 0 spiro atoms. The van der Waals surface area contributed by atoms with Gasteiger partial charge in [0.1, 0.15) is 9.90 Å². The second kappa shape index (κ2) is 6.16. The Morgan fingerprint density at radius 1 is 1.21 bits per heavy atom. The number of rotatable bonds is 3. The number of nitrogens with zero attached hydrogens (tertiary/aromatic N) is 1. The molecule has 0 unspecified atom stereocenters. The summed E-state index contributed by atoms with van der Waals surface area (Å²) in [6.07, 6.45) is 0. The normalized spacial score (nSPS) is 11.6. The third-order valence-corrected chi connectivity index (χ3v) is 5.77. The minimum Gasteiger partial charge on any atom is -0.325 e. The standard InChI is InChI=1S/C16H13ClN2O3S2/c1-9-3-5-12-14(7-9)23-16(19-12)11-4-6-13(18-10(2)20)15(8-11)24(17,21)22/h3-8H,1-2H3,(H,18,20). The molecule has 24 heavy (non-hydrogen) atoms. The molecule has 0 aliphatic heterocycles. The van der Waals surface area contributed by atoms with Gasteiger partial charge in [0.25, 0.3) is 9.05 Å². The highest BCUT2D eigenvalue weighted by atomic mass is 35.7. The van der Waals surface area contributed by atoms with E-state index in [0.717, 1.165) is 15.8 Å². The van der Waals surface area contributed by atoms with E-state index in [4.69, 9.17) is 10.7 Å². The lowest BCUT2D eigenvalue weighted by Gasteiger charge is -2.08. The number of carbonyl (C=O) groups is 1. The van der Waals surface area contributed by atoms with Crippen LogP contribution < -0.4 is 5.32 Å². The fourth-order valence-corrected chi connectivity index (χ4v) is 4.40. The molecule has 1 heterocycles. The van der Waals surface area contributed by atoms with E-state index < -0.39 is 9.05 Å². The van der Waals surface area contributed by atoms with E-state index in [-0.39, 0.29) is 16.5 Å². The number of thiazole rings is 1. The SMILES string of the molecule is CC(=O)Nc1ccc(-c2nc3ccc(C)cc3s2)cc1S(=O)(=O)Cl. The molecule has 8 heteroatoms. The molecule has 2 aromatic carbocycles. The maximum Gasteiger partial charge on any atom is 0.263 e. The van der Waals surface area contributed by atoms with Crippen LogP contribution in [-0.4, -0.2) is 19.3 Å². The van der Waals surface area contributed by atoms with Crippen LogP contribution in [0.4, 0.5) is 5.69 Å². The van der Waals surface area contributed by atoms with E-state index in [1.807, 2.05) is 25.1 Å². The topological polar surface area (TPSA) is 76.1 Å². The van der Waals surface area contributed by atoms with Crippen LogP contribution >= 0.6 is 22.0 Å². The number of hydrogen-bond acceptors (Lipinski definition) is 5. The van der Waals surface area contributed by atoms with E-state index >= 15 is 0 Å². The fourth-order valence-electron chi connectivity index (χ4n) is 2.31. The Morgan fingerprint density at radius 3 is 2.62 bits per heavy atom. The van der Waals surface area contributed by atoms with Crippen LogP contribution in [-0.2, 0) is 13.8 Å². The first kappa shape index (κ1) is 16.9. The molecule has 1 N–H and O–H groups in total. The first-order valence-electron chi connectivity index (χ1n) is 6.98. The summed E-state index contributed by atoms with van der Waals surface area (Å²) in [6, 6.07) is 10.6. The summed E-state index contributed by atoms with van der Waals surface area (Å²) in [5.74, 6) is -0.375. The number of hydrogen-bond donors (Lipinski definition) is 1. The smallest absolute Gasteiger partial charge is 0.263 e. The van der Waals surface area contributed by atoms with E-state index in [0.29, 0.717) is 10.6 Å². The number of aromatic nitrogens is 1. The molecule has 1 amide bonds. The molecule has 3 aromatic rings. The Hall–Kier alpha value is -1.96. The predicted molar refractivity (Wildman–Crippen MR) is 97.1 cm³/mol. The molecule has 0 radical (unpaired) electrons. The molecule has 5 nitrogen and oxygen atoms in total. The average Bonchev–Trinajstić information content (AvgIpc) is 2.88. The van der Waals surface area contributed by atoms with Crippen LogP contribution in [0.15, 0.2) is 41.3 Å². The molecule has 0 bridgehead atoms. The average molecular weight is 381 g/mol. The number of amides is 1. The number of halogens is 1. The molecule has 0 saturated heterocycles. The minimum absolute atomic E-state index is 0.146. The van der Waals surface area contributed by atoms with Crippen LogP contribution in [0.25, 0.3) is 20.8 Å². The van der Waals surface area contributed by atoms with Gasteiger partial charge in [-0.1, -0.05) is 6.07 Å². The molecule has 0 atom stereocenters. The molecule has 124 valence electrons. The van der Waals surface area contributed by atoms with Crippen LogP contribution in [0.3, 0.4) is 0 Å². The minimum atomic E-state index is -4.01. The van der Waals surface area contributed by atoms with Crippen LogP contribution in [0.1, 0.15) is 12.5 Å². The highest BCUT2D eigenvalue weighted by Gasteiger charge is 2.19. The van der Waals surface area contributed by atoms with Gasteiger partial charge < -0.3 is 5.32 Å². The van der Waals surface area contributed by atoms with Gasteiger partial charge in [-0.15, -0.1) is 11.3 Å². The van der Waals surface area contributed by atoms with Crippen molar-refractivity contribution in [2.75, 3.05) is 5.32 Å². The largest absolute Gasteiger partial charge is 0.325 e. The molecule has 0 aliphatic rings. The molecular weight excluding hydrogens is 368 g/mol. The van der Waals surface area contributed by atoms with Gasteiger partial charge in [0.05, 0.1) is 15.9 Å². The Morgan fingerprint density at radius 2 is 1.96 bits per heavy atom. The number of benzene rings is 2. The molecule has 0 saturated carbocycles. The number of anilines is 1. The summed E-state index contributed by atoms with van der Waals surface area (Å²) >= 11 is 1.47. The van der Waals surface area contributed by atoms with Gasteiger partial charge in [0.15, 0.2) is 0 Å². The first-order valence-corrected chi connectivity index (χ1v) is 10.1. The van der Waals surface area contributed by atoms with Gasteiger partial charge in [0, 0.05) is 23.2 Å².